The smallest absolute Gasteiger partial charge is 0.242 e. The average molecular weight is 406 g/mol. The van der Waals surface area contributed by atoms with Crippen LogP contribution in [0.15, 0.2) is 24.3 Å². The lowest BCUT2D eigenvalue weighted by atomic mass is 10.1. The molecule has 1 rings (SSSR count). The van der Waals surface area contributed by atoms with Crippen molar-refractivity contribution in [1.82, 2.24) is 16.0 Å². The lowest BCUT2D eigenvalue weighted by Gasteiger charge is -2.17. The van der Waals surface area contributed by atoms with Crippen LogP contribution < -0.4 is 33.2 Å². The summed E-state index contributed by atoms with van der Waals surface area (Å²) < 4.78 is 0. The van der Waals surface area contributed by atoms with Crippen molar-refractivity contribution < 1.29 is 19.2 Å². The normalized spacial score (nSPS) is 12.5. The van der Waals surface area contributed by atoms with Gasteiger partial charge in [-0.3, -0.25) is 19.2 Å². The average Bonchev–Trinajstić information content (AvgIpc) is 2.68. The predicted octanol–water partition coefficient (Wildman–Crippen LogP) is -1.63. The fourth-order valence-electron chi connectivity index (χ4n) is 2.52. The van der Waals surface area contributed by atoms with E-state index < -0.39 is 23.9 Å². The van der Waals surface area contributed by atoms with Gasteiger partial charge in [0, 0.05) is 26.4 Å². The minimum Gasteiger partial charge on any atom is -0.370 e. The Morgan fingerprint density at radius 2 is 1.45 bits per heavy atom. The highest BCUT2D eigenvalue weighted by Gasteiger charge is 2.19. The third-order valence-corrected chi connectivity index (χ3v) is 4.14. The van der Waals surface area contributed by atoms with Crippen LogP contribution in [-0.2, 0) is 32.3 Å². The van der Waals surface area contributed by atoms with Crippen LogP contribution in [0.5, 0.6) is 0 Å². The molecule has 9 N–H and O–H groups in total. The van der Waals surface area contributed by atoms with E-state index in [1.54, 1.807) is 0 Å². The highest BCUT2D eigenvalue weighted by Crippen LogP contribution is 2.05. The molecule has 0 aliphatic heterocycles. The maximum atomic E-state index is 12.3. The van der Waals surface area contributed by atoms with Crippen molar-refractivity contribution in [2.45, 2.75) is 51.4 Å². The van der Waals surface area contributed by atoms with Gasteiger partial charge in [-0.25, -0.2) is 0 Å². The summed E-state index contributed by atoms with van der Waals surface area (Å²) in [6.07, 6.45) is 0.544. The molecule has 10 nitrogen and oxygen atoms in total. The van der Waals surface area contributed by atoms with E-state index in [9.17, 15) is 19.2 Å². The number of hydrogen-bond donors (Lipinski definition) is 6. The molecule has 29 heavy (non-hydrogen) atoms. The Morgan fingerprint density at radius 3 is 1.90 bits per heavy atom. The second kappa shape index (κ2) is 12.5. The second-order valence-corrected chi connectivity index (χ2v) is 6.69. The monoisotopic (exact) mass is 406 g/mol. The number of nitrogens with one attached hydrogen (secondary N) is 3. The van der Waals surface area contributed by atoms with Crippen LogP contribution in [0, 0.1) is 0 Å². The summed E-state index contributed by atoms with van der Waals surface area (Å²) in [7, 11) is 0. The third kappa shape index (κ3) is 9.67. The summed E-state index contributed by atoms with van der Waals surface area (Å²) in [4.78, 5) is 46.2. The van der Waals surface area contributed by atoms with E-state index in [0.29, 0.717) is 19.5 Å². The van der Waals surface area contributed by atoms with Gasteiger partial charge in [-0.15, -0.1) is 0 Å². The van der Waals surface area contributed by atoms with Crippen LogP contribution >= 0.6 is 0 Å². The van der Waals surface area contributed by atoms with Crippen molar-refractivity contribution in [3.63, 3.8) is 0 Å². The topological polar surface area (TPSA) is 182 Å². The number of nitrogens with two attached hydrogens (primary N) is 3. The van der Waals surface area contributed by atoms with E-state index in [1.165, 1.54) is 6.92 Å². The van der Waals surface area contributed by atoms with E-state index in [1.807, 2.05) is 24.3 Å². The number of amides is 4. The first-order chi connectivity index (χ1) is 13.7. The van der Waals surface area contributed by atoms with Crippen LogP contribution in [0.4, 0.5) is 0 Å². The molecule has 0 saturated carbocycles. The molecule has 0 heterocycles. The molecule has 0 aromatic heterocycles. The highest BCUT2D eigenvalue weighted by molar-refractivity contribution is 5.87. The van der Waals surface area contributed by atoms with Crippen molar-refractivity contribution in [2.24, 2.45) is 17.2 Å². The first kappa shape index (κ1) is 24.1. The van der Waals surface area contributed by atoms with Gasteiger partial charge < -0.3 is 33.2 Å². The number of rotatable bonds is 12. The van der Waals surface area contributed by atoms with Crippen molar-refractivity contribution in [2.75, 3.05) is 6.54 Å². The Kier molecular flexibility index (Phi) is 10.3. The SMILES string of the molecule is CC(=O)NC(CCC(N)=O)C(=O)NCc1ccc(CNC(=O)[C@@H](N)CCN)cc1. The lowest BCUT2D eigenvalue weighted by molar-refractivity contribution is -0.128. The Hall–Kier alpha value is -2.98. The number of carbonyl (C=O) groups excluding carboxylic acids is 4. The first-order valence-electron chi connectivity index (χ1n) is 9.37. The molecule has 0 radical (unpaired) electrons. The van der Waals surface area contributed by atoms with Gasteiger partial charge in [0.2, 0.25) is 23.6 Å². The molecular formula is C19H30N6O4. The number of hydrogen-bond acceptors (Lipinski definition) is 6. The molecule has 160 valence electrons. The van der Waals surface area contributed by atoms with Crippen molar-refractivity contribution >= 4 is 23.6 Å². The van der Waals surface area contributed by atoms with Gasteiger partial charge in [0.15, 0.2) is 0 Å². The van der Waals surface area contributed by atoms with Gasteiger partial charge in [-0.2, -0.15) is 0 Å². The summed E-state index contributed by atoms with van der Waals surface area (Å²) in [6, 6.07) is 5.84. The summed E-state index contributed by atoms with van der Waals surface area (Å²) in [5.41, 5.74) is 17.9. The summed E-state index contributed by atoms with van der Waals surface area (Å²) >= 11 is 0. The zero-order chi connectivity index (χ0) is 21.8. The van der Waals surface area contributed by atoms with Crippen LogP contribution in [0.25, 0.3) is 0 Å². The number of benzene rings is 1. The molecule has 0 saturated heterocycles. The van der Waals surface area contributed by atoms with E-state index >= 15 is 0 Å². The van der Waals surface area contributed by atoms with Gasteiger partial charge >= 0.3 is 0 Å². The Labute approximate surface area is 169 Å². The fraction of sp³-hybridized carbons (Fsp3) is 0.474. The standard InChI is InChI=1S/C19H30N6O4/c1-12(26)25-16(6-7-17(22)27)19(29)24-11-14-4-2-13(3-5-14)10-23-18(28)15(21)8-9-20/h2-5,15-16H,6-11,20-21H2,1H3,(H2,22,27)(H,23,28)(H,24,29)(H,25,26)/t15-,16?/m0/s1. The van der Waals surface area contributed by atoms with Gasteiger partial charge in [-0.1, -0.05) is 24.3 Å². The molecule has 1 aromatic carbocycles. The van der Waals surface area contributed by atoms with Crippen molar-refractivity contribution in [1.29, 1.82) is 0 Å². The summed E-state index contributed by atoms with van der Waals surface area (Å²) in [5, 5.41) is 7.97. The Bertz CT molecular complexity index is 707. The van der Waals surface area contributed by atoms with Gasteiger partial charge in [-0.05, 0) is 30.5 Å². The summed E-state index contributed by atoms with van der Waals surface area (Å²) in [6.45, 7) is 2.23. The number of carbonyl (C=O) groups is 4. The van der Waals surface area contributed by atoms with Crippen molar-refractivity contribution in [3.05, 3.63) is 35.4 Å². The van der Waals surface area contributed by atoms with Crippen LogP contribution in [0.2, 0.25) is 0 Å². The van der Waals surface area contributed by atoms with E-state index in [4.69, 9.17) is 17.2 Å². The maximum Gasteiger partial charge on any atom is 0.242 e. The van der Waals surface area contributed by atoms with Crippen LogP contribution in [0.3, 0.4) is 0 Å². The molecule has 1 unspecified atom stereocenters. The van der Waals surface area contributed by atoms with E-state index in [-0.39, 0.29) is 31.2 Å². The van der Waals surface area contributed by atoms with Gasteiger partial charge in [0.1, 0.15) is 6.04 Å². The zero-order valence-corrected chi connectivity index (χ0v) is 16.6. The molecule has 0 spiro atoms. The van der Waals surface area contributed by atoms with E-state index in [0.717, 1.165) is 11.1 Å². The Balaban J connectivity index is 2.52. The number of primary amides is 1. The van der Waals surface area contributed by atoms with E-state index in [2.05, 4.69) is 16.0 Å². The zero-order valence-electron chi connectivity index (χ0n) is 16.6. The molecule has 0 aliphatic carbocycles. The largest absolute Gasteiger partial charge is 0.370 e. The third-order valence-electron chi connectivity index (χ3n) is 4.14. The second-order valence-electron chi connectivity index (χ2n) is 6.69. The fourth-order valence-corrected chi connectivity index (χ4v) is 2.52. The highest BCUT2D eigenvalue weighted by atomic mass is 16.2. The predicted molar refractivity (Wildman–Crippen MR) is 108 cm³/mol. The van der Waals surface area contributed by atoms with Crippen LogP contribution in [0.1, 0.15) is 37.3 Å². The molecule has 10 heteroatoms. The summed E-state index contributed by atoms with van der Waals surface area (Å²) in [5.74, 6) is -1.56. The van der Waals surface area contributed by atoms with Gasteiger partial charge in [0.05, 0.1) is 6.04 Å². The molecule has 1 aromatic rings. The minimum absolute atomic E-state index is 0.00623. The molecule has 4 amide bonds. The van der Waals surface area contributed by atoms with Crippen molar-refractivity contribution in [3.8, 4) is 0 Å². The first-order valence-corrected chi connectivity index (χ1v) is 9.37. The maximum absolute atomic E-state index is 12.3. The van der Waals surface area contributed by atoms with Crippen LogP contribution in [-0.4, -0.2) is 42.3 Å². The van der Waals surface area contributed by atoms with Gasteiger partial charge in [0.25, 0.3) is 0 Å². The molecular weight excluding hydrogens is 376 g/mol. The molecule has 0 bridgehead atoms. The molecule has 0 aliphatic rings. The quantitative estimate of drug-likeness (QED) is 0.242. The molecule has 0 fully saturated rings. The minimum atomic E-state index is -0.827. The Morgan fingerprint density at radius 1 is 0.931 bits per heavy atom. The lowest BCUT2D eigenvalue weighted by Crippen LogP contribution is -2.46. The molecule has 2 atom stereocenters.